The minimum atomic E-state index is -3.69. The third-order valence-electron chi connectivity index (χ3n) is 4.62. The normalized spacial score (nSPS) is 17.9. The van der Waals surface area contributed by atoms with Crippen molar-refractivity contribution in [2.75, 3.05) is 26.2 Å². The molecule has 26 heavy (non-hydrogen) atoms. The predicted molar refractivity (Wildman–Crippen MR) is 96.6 cm³/mol. The summed E-state index contributed by atoms with van der Waals surface area (Å²) in [6.45, 7) is 4.56. The molecule has 2 heterocycles. The van der Waals surface area contributed by atoms with Crippen LogP contribution in [0.2, 0.25) is 0 Å². The average molecular weight is 399 g/mol. The fourth-order valence-electron chi connectivity index (χ4n) is 2.90. The lowest BCUT2D eigenvalue weighted by molar-refractivity contribution is 0.403. The molecule has 0 spiro atoms. The Morgan fingerprint density at radius 1 is 0.923 bits per heavy atom. The van der Waals surface area contributed by atoms with E-state index < -0.39 is 20.0 Å². The predicted octanol–water partition coefficient (Wildman–Crippen LogP) is 1.11. The summed E-state index contributed by atoms with van der Waals surface area (Å²) in [4.78, 5) is 6.59. The zero-order valence-electron chi connectivity index (χ0n) is 14.7. The van der Waals surface area contributed by atoms with Gasteiger partial charge in [0, 0.05) is 26.2 Å². The van der Waals surface area contributed by atoms with Crippen LogP contribution in [0.15, 0.2) is 40.6 Å². The van der Waals surface area contributed by atoms with Crippen molar-refractivity contribution < 1.29 is 16.8 Å². The van der Waals surface area contributed by atoms with Crippen LogP contribution in [0.4, 0.5) is 0 Å². The Bertz CT molecular complexity index is 985. The van der Waals surface area contributed by atoms with Crippen molar-refractivity contribution >= 4 is 20.0 Å². The lowest BCUT2D eigenvalue weighted by atomic mass is 10.1. The van der Waals surface area contributed by atoms with Gasteiger partial charge in [0.15, 0.2) is 5.03 Å². The Kier molecular flexibility index (Phi) is 5.20. The molecule has 0 amide bonds. The molecule has 10 heteroatoms. The molecule has 142 valence electrons. The third kappa shape index (κ3) is 3.54. The van der Waals surface area contributed by atoms with Crippen LogP contribution >= 0.6 is 0 Å². The molecule has 1 aromatic carbocycles. The van der Waals surface area contributed by atoms with E-state index in [-0.39, 0.29) is 36.1 Å². The number of nitrogens with one attached hydrogen (secondary N) is 1. The number of H-pyrrole nitrogens is 1. The summed E-state index contributed by atoms with van der Waals surface area (Å²) in [5.74, 6) is 0. The molecule has 0 aliphatic carbocycles. The number of aromatic nitrogens is 2. The Labute approximate surface area is 154 Å². The maximum absolute atomic E-state index is 12.9. The molecule has 8 nitrogen and oxygen atoms in total. The molecule has 0 saturated carbocycles. The van der Waals surface area contributed by atoms with Crippen LogP contribution in [0.3, 0.4) is 0 Å². The topological polar surface area (TPSA) is 103 Å². The highest BCUT2D eigenvalue weighted by atomic mass is 32.2. The lowest BCUT2D eigenvalue weighted by Crippen LogP contribution is -2.37. The Morgan fingerprint density at radius 3 is 2.15 bits per heavy atom. The summed E-state index contributed by atoms with van der Waals surface area (Å²) in [5.41, 5.74) is 1.93. The monoisotopic (exact) mass is 398 g/mol. The van der Waals surface area contributed by atoms with Crippen LogP contribution in [0, 0.1) is 13.8 Å². The fraction of sp³-hybridized carbons (Fsp3) is 0.438. The highest BCUT2D eigenvalue weighted by Crippen LogP contribution is 2.22. The standard InChI is InChI=1S/C16H22N4O4S2/c1-13-4-5-15(10-14(13)2)25(21,22)19-6-3-7-20(9-8-19)26(23,24)16-11-17-12-18-16/h4-5,10-12H,3,6-9H2,1-2H3,(H,17,18). The second kappa shape index (κ2) is 7.10. The highest BCUT2D eigenvalue weighted by Gasteiger charge is 2.32. The van der Waals surface area contributed by atoms with Gasteiger partial charge in [0.05, 0.1) is 17.4 Å². The minimum absolute atomic E-state index is 0.0166. The molecular weight excluding hydrogens is 376 g/mol. The highest BCUT2D eigenvalue weighted by molar-refractivity contribution is 7.89. The largest absolute Gasteiger partial charge is 0.335 e. The fourth-order valence-corrected chi connectivity index (χ4v) is 5.82. The molecule has 0 unspecified atom stereocenters. The molecule has 1 saturated heterocycles. The maximum atomic E-state index is 12.9. The van der Waals surface area contributed by atoms with Crippen molar-refractivity contribution in [1.82, 2.24) is 18.6 Å². The molecule has 1 aromatic heterocycles. The molecule has 2 aromatic rings. The molecule has 1 fully saturated rings. The zero-order chi connectivity index (χ0) is 18.9. The van der Waals surface area contributed by atoms with Crippen LogP contribution in [0.25, 0.3) is 0 Å². The van der Waals surface area contributed by atoms with Crippen molar-refractivity contribution in [3.63, 3.8) is 0 Å². The number of aromatic amines is 1. The molecule has 1 aliphatic rings. The van der Waals surface area contributed by atoms with E-state index in [9.17, 15) is 16.8 Å². The van der Waals surface area contributed by atoms with E-state index in [2.05, 4.69) is 9.97 Å². The van der Waals surface area contributed by atoms with Gasteiger partial charge in [-0.05, 0) is 43.5 Å². The van der Waals surface area contributed by atoms with Crippen LogP contribution in [-0.2, 0) is 20.0 Å². The third-order valence-corrected chi connectivity index (χ3v) is 8.34. The summed E-state index contributed by atoms with van der Waals surface area (Å²) < 4.78 is 53.7. The van der Waals surface area contributed by atoms with E-state index in [0.717, 1.165) is 11.1 Å². The summed E-state index contributed by atoms with van der Waals surface area (Å²) in [6, 6.07) is 5.05. The average Bonchev–Trinajstić information content (AvgIpc) is 3.01. The number of imidazole rings is 1. The van der Waals surface area contributed by atoms with Gasteiger partial charge in [-0.15, -0.1) is 0 Å². The van der Waals surface area contributed by atoms with Gasteiger partial charge in [0.1, 0.15) is 0 Å². The van der Waals surface area contributed by atoms with Crippen molar-refractivity contribution in [2.24, 2.45) is 0 Å². The number of sulfonamides is 2. The van der Waals surface area contributed by atoms with Gasteiger partial charge >= 0.3 is 0 Å². The summed E-state index contributed by atoms with van der Waals surface area (Å²) in [6.07, 6.45) is 2.99. The van der Waals surface area contributed by atoms with Crippen LogP contribution in [0.5, 0.6) is 0 Å². The first-order chi connectivity index (χ1) is 12.2. The molecule has 0 atom stereocenters. The van der Waals surface area contributed by atoms with Crippen LogP contribution < -0.4 is 0 Å². The van der Waals surface area contributed by atoms with Gasteiger partial charge in [-0.1, -0.05) is 6.07 Å². The Morgan fingerprint density at radius 2 is 1.58 bits per heavy atom. The molecule has 0 radical (unpaired) electrons. The summed E-state index contributed by atoms with van der Waals surface area (Å²) >= 11 is 0. The summed E-state index contributed by atoms with van der Waals surface area (Å²) in [5, 5.41) is 0.0166. The van der Waals surface area contributed by atoms with Crippen molar-refractivity contribution in [3.05, 3.63) is 41.9 Å². The Hall–Kier alpha value is -1.75. The van der Waals surface area contributed by atoms with E-state index in [1.807, 2.05) is 13.8 Å². The van der Waals surface area contributed by atoms with E-state index in [0.29, 0.717) is 6.42 Å². The first-order valence-corrected chi connectivity index (χ1v) is 11.2. The first-order valence-electron chi connectivity index (χ1n) is 8.29. The molecule has 1 N–H and O–H groups in total. The number of rotatable bonds is 4. The minimum Gasteiger partial charge on any atom is -0.335 e. The van der Waals surface area contributed by atoms with Gasteiger partial charge in [-0.2, -0.15) is 8.61 Å². The van der Waals surface area contributed by atoms with Gasteiger partial charge in [0.2, 0.25) is 10.0 Å². The molecular formula is C16H22N4O4S2. The van der Waals surface area contributed by atoms with Crippen molar-refractivity contribution in [1.29, 1.82) is 0 Å². The van der Waals surface area contributed by atoms with Crippen molar-refractivity contribution in [2.45, 2.75) is 30.2 Å². The van der Waals surface area contributed by atoms with Crippen molar-refractivity contribution in [3.8, 4) is 0 Å². The number of aryl methyl sites for hydroxylation is 2. The maximum Gasteiger partial charge on any atom is 0.260 e. The van der Waals surface area contributed by atoms with E-state index >= 15 is 0 Å². The number of hydrogen-bond donors (Lipinski definition) is 1. The lowest BCUT2D eigenvalue weighted by Gasteiger charge is -2.21. The van der Waals surface area contributed by atoms with Gasteiger partial charge in [-0.3, -0.25) is 0 Å². The van der Waals surface area contributed by atoms with Gasteiger partial charge < -0.3 is 4.98 Å². The summed E-state index contributed by atoms with van der Waals surface area (Å²) in [7, 11) is -7.35. The first kappa shape index (κ1) is 19.0. The van der Waals surface area contributed by atoms with Crippen LogP contribution in [-0.4, -0.2) is 61.6 Å². The number of nitrogens with zero attached hydrogens (tertiary/aromatic N) is 3. The molecule has 0 bridgehead atoms. The zero-order valence-corrected chi connectivity index (χ0v) is 16.3. The van der Waals surface area contributed by atoms with Crippen LogP contribution in [0.1, 0.15) is 17.5 Å². The van der Waals surface area contributed by atoms with E-state index in [1.165, 1.54) is 21.1 Å². The van der Waals surface area contributed by atoms with E-state index in [4.69, 9.17) is 0 Å². The second-order valence-electron chi connectivity index (χ2n) is 6.32. The molecule has 3 rings (SSSR count). The molecule has 1 aliphatic heterocycles. The Balaban J connectivity index is 1.81. The van der Waals surface area contributed by atoms with E-state index in [1.54, 1.807) is 18.2 Å². The second-order valence-corrected chi connectivity index (χ2v) is 10.2. The smallest absolute Gasteiger partial charge is 0.260 e. The van der Waals surface area contributed by atoms with Gasteiger partial charge in [-0.25, -0.2) is 21.8 Å². The quantitative estimate of drug-likeness (QED) is 0.831. The SMILES string of the molecule is Cc1ccc(S(=O)(=O)N2CCCN(S(=O)(=O)c3cnc[nH]3)CC2)cc1C. The number of benzene rings is 1. The number of hydrogen-bond acceptors (Lipinski definition) is 5. The van der Waals surface area contributed by atoms with Gasteiger partial charge in [0.25, 0.3) is 10.0 Å².